The van der Waals surface area contributed by atoms with Gasteiger partial charge < -0.3 is 5.32 Å². The maximum atomic E-state index is 13.1. The first-order chi connectivity index (χ1) is 10.8. The van der Waals surface area contributed by atoms with E-state index in [1.165, 1.54) is 18.4 Å². The molecule has 1 aromatic carbocycles. The van der Waals surface area contributed by atoms with E-state index in [-0.39, 0.29) is 17.9 Å². The van der Waals surface area contributed by atoms with Crippen LogP contribution in [0.3, 0.4) is 0 Å². The molecule has 3 heterocycles. The Morgan fingerprint density at radius 1 is 1.18 bits per heavy atom. The van der Waals surface area contributed by atoms with Crippen LogP contribution in [0.2, 0.25) is 0 Å². The number of nitrogens with zero attached hydrogens (tertiary/aromatic N) is 2. The van der Waals surface area contributed by atoms with Gasteiger partial charge in [-0.05, 0) is 49.8 Å². The average Bonchev–Trinajstić information content (AvgIpc) is 2.84. The predicted octanol–water partition coefficient (Wildman–Crippen LogP) is 2.58. The SMILES string of the molecule is O=C(C1CC2CCC1CNC2)N1N=CCC1c1ccccc1. The summed E-state index contributed by atoms with van der Waals surface area (Å²) >= 11 is 0. The summed E-state index contributed by atoms with van der Waals surface area (Å²) in [6.45, 7) is 2.06. The number of hydrogen-bond donors (Lipinski definition) is 1. The molecule has 1 saturated carbocycles. The van der Waals surface area contributed by atoms with Gasteiger partial charge in [-0.15, -0.1) is 0 Å². The third-order valence-electron chi connectivity index (χ3n) is 5.50. The van der Waals surface area contributed by atoms with E-state index in [2.05, 4.69) is 22.6 Å². The number of fused-ring (bicyclic) bond motifs is 4. The van der Waals surface area contributed by atoms with E-state index in [1.54, 1.807) is 5.01 Å². The second-order valence-corrected chi connectivity index (χ2v) is 6.85. The van der Waals surface area contributed by atoms with Gasteiger partial charge in [0.15, 0.2) is 0 Å². The van der Waals surface area contributed by atoms with Crippen molar-refractivity contribution >= 4 is 12.1 Å². The van der Waals surface area contributed by atoms with Crippen molar-refractivity contribution < 1.29 is 4.79 Å². The summed E-state index contributed by atoms with van der Waals surface area (Å²) in [6.07, 6.45) is 6.20. The highest BCUT2D eigenvalue weighted by atomic mass is 16.2. The normalized spacial score (nSPS) is 33.9. The minimum absolute atomic E-state index is 0.0865. The smallest absolute Gasteiger partial charge is 0.246 e. The summed E-state index contributed by atoms with van der Waals surface area (Å²) < 4.78 is 0. The average molecular weight is 297 g/mol. The van der Waals surface area contributed by atoms with Gasteiger partial charge in [-0.2, -0.15) is 5.10 Å². The topological polar surface area (TPSA) is 44.7 Å². The fourth-order valence-electron chi connectivity index (χ4n) is 4.27. The van der Waals surface area contributed by atoms with Crippen LogP contribution in [0.15, 0.2) is 35.4 Å². The number of carbonyl (C=O) groups excluding carboxylic acids is 1. The van der Waals surface area contributed by atoms with E-state index in [1.807, 2.05) is 24.4 Å². The van der Waals surface area contributed by atoms with Gasteiger partial charge in [-0.3, -0.25) is 4.79 Å². The van der Waals surface area contributed by atoms with Crippen molar-refractivity contribution in [3.63, 3.8) is 0 Å². The molecule has 3 fully saturated rings. The molecule has 4 aliphatic rings. The Kier molecular flexibility index (Phi) is 3.70. The Bertz CT molecular complexity index is 567. The van der Waals surface area contributed by atoms with Crippen LogP contribution in [0.4, 0.5) is 0 Å². The summed E-state index contributed by atoms with van der Waals surface area (Å²) in [4.78, 5) is 13.1. The Balaban J connectivity index is 1.55. The maximum Gasteiger partial charge on any atom is 0.246 e. The summed E-state index contributed by atoms with van der Waals surface area (Å²) in [7, 11) is 0. The van der Waals surface area contributed by atoms with Gasteiger partial charge in [0, 0.05) is 18.6 Å². The number of hydrogen-bond acceptors (Lipinski definition) is 3. The quantitative estimate of drug-likeness (QED) is 0.912. The molecular weight excluding hydrogens is 274 g/mol. The molecule has 4 atom stereocenters. The van der Waals surface area contributed by atoms with Crippen LogP contribution in [0.5, 0.6) is 0 Å². The molecule has 3 aliphatic heterocycles. The second-order valence-electron chi connectivity index (χ2n) is 6.85. The zero-order chi connectivity index (χ0) is 14.9. The van der Waals surface area contributed by atoms with Crippen LogP contribution in [0, 0.1) is 17.8 Å². The van der Waals surface area contributed by atoms with E-state index < -0.39 is 0 Å². The number of benzene rings is 1. The first kappa shape index (κ1) is 13.9. The summed E-state index contributed by atoms with van der Waals surface area (Å²) in [5.41, 5.74) is 1.19. The van der Waals surface area contributed by atoms with Crippen molar-refractivity contribution in [3.05, 3.63) is 35.9 Å². The van der Waals surface area contributed by atoms with E-state index in [4.69, 9.17) is 0 Å². The van der Waals surface area contributed by atoms with E-state index in [0.717, 1.165) is 25.9 Å². The van der Waals surface area contributed by atoms with Crippen LogP contribution in [-0.2, 0) is 4.79 Å². The Morgan fingerprint density at radius 3 is 2.91 bits per heavy atom. The molecule has 0 radical (unpaired) electrons. The second kappa shape index (κ2) is 5.84. The number of carbonyl (C=O) groups is 1. The van der Waals surface area contributed by atoms with Gasteiger partial charge in [0.25, 0.3) is 0 Å². The Hall–Kier alpha value is -1.68. The predicted molar refractivity (Wildman–Crippen MR) is 86.3 cm³/mol. The lowest BCUT2D eigenvalue weighted by Crippen LogP contribution is -2.40. The molecule has 1 aliphatic carbocycles. The highest BCUT2D eigenvalue weighted by Gasteiger charge is 2.41. The maximum absolute atomic E-state index is 13.1. The van der Waals surface area contributed by atoms with Crippen molar-refractivity contribution in [3.8, 4) is 0 Å². The molecule has 4 heteroatoms. The standard InChI is InChI=1S/C18H23N3O/c22-18(16-10-13-6-7-15(16)12-19-11-13)21-17(8-9-20-21)14-4-2-1-3-5-14/h1-5,9,13,15-17,19H,6-8,10-12H2. The molecule has 4 nitrogen and oxygen atoms in total. The molecular formula is C18H23N3O. The molecule has 1 aromatic rings. The fraction of sp³-hybridized carbons (Fsp3) is 0.556. The zero-order valence-electron chi connectivity index (χ0n) is 12.8. The van der Waals surface area contributed by atoms with Gasteiger partial charge >= 0.3 is 0 Å². The largest absolute Gasteiger partial charge is 0.316 e. The zero-order valence-corrected chi connectivity index (χ0v) is 12.8. The Labute approximate surface area is 131 Å². The summed E-state index contributed by atoms with van der Waals surface area (Å²) in [6, 6.07) is 10.4. The van der Waals surface area contributed by atoms with E-state index in [0.29, 0.717) is 11.8 Å². The minimum Gasteiger partial charge on any atom is -0.316 e. The first-order valence-corrected chi connectivity index (χ1v) is 8.44. The number of amides is 1. The molecule has 116 valence electrons. The molecule has 4 unspecified atom stereocenters. The lowest BCUT2D eigenvalue weighted by molar-refractivity contribution is -0.140. The third-order valence-corrected chi connectivity index (χ3v) is 5.50. The first-order valence-electron chi connectivity index (χ1n) is 8.44. The monoisotopic (exact) mass is 297 g/mol. The summed E-state index contributed by atoms with van der Waals surface area (Å²) in [5, 5.41) is 9.70. The highest BCUT2D eigenvalue weighted by molar-refractivity contribution is 5.82. The Morgan fingerprint density at radius 2 is 2.05 bits per heavy atom. The van der Waals surface area contributed by atoms with Crippen molar-refractivity contribution in [2.75, 3.05) is 13.1 Å². The molecule has 5 rings (SSSR count). The molecule has 2 bridgehead atoms. The van der Waals surface area contributed by atoms with Crippen LogP contribution >= 0.6 is 0 Å². The number of nitrogens with one attached hydrogen (secondary N) is 1. The lowest BCUT2D eigenvalue weighted by Gasteiger charge is -2.34. The highest BCUT2D eigenvalue weighted by Crippen LogP contribution is 2.39. The third kappa shape index (κ3) is 2.45. The molecule has 2 saturated heterocycles. The van der Waals surface area contributed by atoms with Gasteiger partial charge in [-0.25, -0.2) is 5.01 Å². The number of rotatable bonds is 2. The number of hydrazone groups is 1. The minimum atomic E-state index is 0.0865. The van der Waals surface area contributed by atoms with E-state index in [9.17, 15) is 4.79 Å². The fourth-order valence-corrected chi connectivity index (χ4v) is 4.27. The van der Waals surface area contributed by atoms with Crippen molar-refractivity contribution in [1.29, 1.82) is 0 Å². The van der Waals surface area contributed by atoms with Crippen LogP contribution in [-0.4, -0.2) is 30.2 Å². The van der Waals surface area contributed by atoms with Crippen molar-refractivity contribution in [2.24, 2.45) is 22.9 Å². The molecule has 1 amide bonds. The molecule has 1 N–H and O–H groups in total. The van der Waals surface area contributed by atoms with Crippen LogP contribution in [0.1, 0.15) is 37.3 Å². The molecule has 0 spiro atoms. The van der Waals surface area contributed by atoms with Crippen LogP contribution < -0.4 is 5.32 Å². The van der Waals surface area contributed by atoms with Crippen LogP contribution in [0.25, 0.3) is 0 Å². The van der Waals surface area contributed by atoms with Crippen molar-refractivity contribution in [1.82, 2.24) is 10.3 Å². The van der Waals surface area contributed by atoms with Gasteiger partial charge in [0.1, 0.15) is 0 Å². The van der Waals surface area contributed by atoms with Gasteiger partial charge in [0.05, 0.1) is 6.04 Å². The van der Waals surface area contributed by atoms with Gasteiger partial charge in [-0.1, -0.05) is 30.3 Å². The molecule has 22 heavy (non-hydrogen) atoms. The molecule has 0 aromatic heterocycles. The summed E-state index contributed by atoms with van der Waals surface area (Å²) in [5.74, 6) is 1.53. The van der Waals surface area contributed by atoms with E-state index >= 15 is 0 Å². The lowest BCUT2D eigenvalue weighted by atomic mass is 9.75. The van der Waals surface area contributed by atoms with Gasteiger partial charge in [0.2, 0.25) is 5.91 Å². The van der Waals surface area contributed by atoms with Crippen molar-refractivity contribution in [2.45, 2.75) is 31.7 Å².